The monoisotopic (exact) mass is 406 g/mol. The van der Waals surface area contributed by atoms with Crippen LogP contribution in [0.15, 0.2) is 24.4 Å². The summed E-state index contributed by atoms with van der Waals surface area (Å²) >= 11 is 0. The maximum Gasteiger partial charge on any atom is 0.228 e. The molecular formula is C20H30N4O3S. The van der Waals surface area contributed by atoms with Crippen molar-refractivity contribution in [1.29, 1.82) is 0 Å². The summed E-state index contributed by atoms with van der Waals surface area (Å²) in [5, 5.41) is 3.19. The van der Waals surface area contributed by atoms with Gasteiger partial charge in [0.2, 0.25) is 15.9 Å². The van der Waals surface area contributed by atoms with E-state index >= 15 is 0 Å². The first-order valence-electron chi connectivity index (χ1n) is 10.4. The van der Waals surface area contributed by atoms with Crippen molar-refractivity contribution in [3.05, 3.63) is 24.4 Å². The summed E-state index contributed by atoms with van der Waals surface area (Å²) in [5.74, 6) is 1.64. The zero-order chi connectivity index (χ0) is 19.8. The van der Waals surface area contributed by atoms with Crippen LogP contribution in [0.5, 0.6) is 0 Å². The molecule has 154 valence electrons. The van der Waals surface area contributed by atoms with Crippen LogP contribution in [0.2, 0.25) is 0 Å². The quantitative estimate of drug-likeness (QED) is 0.774. The topological polar surface area (TPSA) is 82.6 Å². The summed E-state index contributed by atoms with van der Waals surface area (Å²) in [6.07, 6.45) is 5.58. The van der Waals surface area contributed by atoms with E-state index in [1.807, 2.05) is 18.2 Å². The minimum absolute atomic E-state index is 0.0301. The van der Waals surface area contributed by atoms with Gasteiger partial charge in [-0.3, -0.25) is 4.79 Å². The second-order valence-electron chi connectivity index (χ2n) is 8.44. The van der Waals surface area contributed by atoms with E-state index in [-0.39, 0.29) is 17.6 Å². The Hall–Kier alpha value is -1.67. The number of amides is 1. The molecule has 1 aromatic heterocycles. The lowest BCUT2D eigenvalue weighted by Gasteiger charge is -2.32. The molecule has 3 heterocycles. The van der Waals surface area contributed by atoms with E-state index in [9.17, 15) is 13.2 Å². The molecule has 0 unspecified atom stereocenters. The van der Waals surface area contributed by atoms with Gasteiger partial charge in [-0.15, -0.1) is 0 Å². The Balaban J connectivity index is 1.61. The fourth-order valence-corrected chi connectivity index (χ4v) is 5.83. The van der Waals surface area contributed by atoms with E-state index in [2.05, 4.69) is 15.2 Å². The van der Waals surface area contributed by atoms with Crippen LogP contribution in [-0.4, -0.2) is 62.1 Å². The first kappa shape index (κ1) is 19.6. The molecule has 3 fully saturated rings. The molecule has 2 saturated heterocycles. The molecule has 0 aromatic carbocycles. The molecule has 2 aliphatic heterocycles. The smallest absolute Gasteiger partial charge is 0.228 e. The molecule has 0 bridgehead atoms. The Morgan fingerprint density at radius 3 is 2.82 bits per heavy atom. The third kappa shape index (κ3) is 3.76. The third-order valence-corrected chi connectivity index (χ3v) is 8.43. The minimum atomic E-state index is -3.27. The number of anilines is 1. The summed E-state index contributed by atoms with van der Waals surface area (Å²) in [6.45, 7) is 4.61. The van der Waals surface area contributed by atoms with Gasteiger partial charge in [-0.1, -0.05) is 6.07 Å². The number of rotatable bonds is 6. The molecule has 1 aromatic rings. The predicted octanol–water partition coefficient (Wildman–Crippen LogP) is 1.48. The summed E-state index contributed by atoms with van der Waals surface area (Å²) in [7, 11) is -3.27. The molecular weight excluding hydrogens is 376 g/mol. The van der Waals surface area contributed by atoms with Gasteiger partial charge in [0, 0.05) is 44.8 Å². The summed E-state index contributed by atoms with van der Waals surface area (Å²) in [6, 6.07) is 5.79. The van der Waals surface area contributed by atoms with E-state index < -0.39 is 15.4 Å². The number of hydrogen-bond acceptors (Lipinski definition) is 5. The Bertz CT molecular complexity index is 812. The zero-order valence-electron chi connectivity index (χ0n) is 16.5. The van der Waals surface area contributed by atoms with Crippen molar-refractivity contribution in [2.75, 3.05) is 43.4 Å². The first-order valence-corrected chi connectivity index (χ1v) is 12.0. The highest BCUT2D eigenvalue weighted by atomic mass is 32.2. The maximum atomic E-state index is 13.4. The number of aromatic nitrogens is 1. The predicted molar refractivity (Wildman–Crippen MR) is 108 cm³/mol. The number of nitrogens with zero attached hydrogens (tertiary/aromatic N) is 3. The van der Waals surface area contributed by atoms with Crippen molar-refractivity contribution in [3.8, 4) is 0 Å². The number of carbonyl (C=O) groups is 1. The summed E-state index contributed by atoms with van der Waals surface area (Å²) in [5.41, 5.74) is -0.551. The third-order valence-electron chi connectivity index (χ3n) is 6.58. The summed E-state index contributed by atoms with van der Waals surface area (Å²) < 4.78 is 26.7. The van der Waals surface area contributed by atoms with Crippen molar-refractivity contribution in [1.82, 2.24) is 14.6 Å². The number of sulfonamides is 1. The van der Waals surface area contributed by atoms with Crippen LogP contribution in [0.25, 0.3) is 0 Å². The lowest BCUT2D eigenvalue weighted by Crippen LogP contribution is -2.48. The fraction of sp³-hybridized carbons (Fsp3) is 0.700. The van der Waals surface area contributed by atoms with Gasteiger partial charge in [0.25, 0.3) is 0 Å². The van der Waals surface area contributed by atoms with Gasteiger partial charge < -0.3 is 10.2 Å². The molecule has 1 N–H and O–H groups in total. The Morgan fingerprint density at radius 2 is 2.14 bits per heavy atom. The van der Waals surface area contributed by atoms with Crippen LogP contribution in [-0.2, 0) is 14.8 Å². The normalized spacial score (nSPS) is 28.6. The molecule has 2 atom stereocenters. The van der Waals surface area contributed by atoms with E-state index in [1.165, 1.54) is 12.8 Å². The van der Waals surface area contributed by atoms with Gasteiger partial charge in [-0.2, -0.15) is 0 Å². The molecule has 0 spiro atoms. The van der Waals surface area contributed by atoms with Crippen LogP contribution in [0.3, 0.4) is 0 Å². The largest absolute Gasteiger partial charge is 0.355 e. The molecule has 0 radical (unpaired) electrons. The van der Waals surface area contributed by atoms with Crippen molar-refractivity contribution >= 4 is 21.7 Å². The number of carbonyl (C=O) groups excluding carboxylic acids is 1. The average Bonchev–Trinajstić information content (AvgIpc) is 3.50. The van der Waals surface area contributed by atoms with E-state index in [0.29, 0.717) is 44.9 Å². The van der Waals surface area contributed by atoms with Gasteiger partial charge in [0.15, 0.2) is 0 Å². The molecule has 4 rings (SSSR count). The highest BCUT2D eigenvalue weighted by Crippen LogP contribution is 2.44. The molecule has 1 saturated carbocycles. The van der Waals surface area contributed by atoms with Crippen molar-refractivity contribution in [3.63, 3.8) is 0 Å². The first-order chi connectivity index (χ1) is 13.4. The number of nitrogens with one attached hydrogen (secondary N) is 1. The van der Waals surface area contributed by atoms with Crippen LogP contribution < -0.4 is 10.2 Å². The maximum absolute atomic E-state index is 13.4. The van der Waals surface area contributed by atoms with Gasteiger partial charge in [-0.25, -0.2) is 17.7 Å². The summed E-state index contributed by atoms with van der Waals surface area (Å²) in [4.78, 5) is 20.0. The second kappa shape index (κ2) is 7.63. The van der Waals surface area contributed by atoms with E-state index in [1.54, 1.807) is 17.4 Å². The van der Waals surface area contributed by atoms with Gasteiger partial charge in [0.05, 0.1) is 11.2 Å². The lowest BCUT2D eigenvalue weighted by molar-refractivity contribution is -0.132. The molecule has 7 nitrogen and oxygen atoms in total. The van der Waals surface area contributed by atoms with E-state index in [4.69, 9.17) is 0 Å². The molecule has 3 aliphatic rings. The highest BCUT2D eigenvalue weighted by Gasteiger charge is 2.54. The second-order valence-corrected chi connectivity index (χ2v) is 10.7. The number of hydrogen-bond donors (Lipinski definition) is 1. The Kier molecular flexibility index (Phi) is 5.35. The van der Waals surface area contributed by atoms with Crippen LogP contribution in [0.4, 0.5) is 5.82 Å². The standard InChI is InChI=1S/C20H30N4O3S/c1-2-28(26,27)24-11-5-9-20(19(25)22-12-16-7-8-16)15-23(13-17(20)14-24)18-6-3-4-10-21-18/h3-4,6,10,16-17H,2,5,7-9,11-15H2,1H3,(H,22,25)/t17-,20+/m0/s1. The van der Waals surface area contributed by atoms with Crippen LogP contribution in [0, 0.1) is 17.3 Å². The van der Waals surface area contributed by atoms with Gasteiger partial charge in [0.1, 0.15) is 5.82 Å². The molecule has 28 heavy (non-hydrogen) atoms. The minimum Gasteiger partial charge on any atom is -0.355 e. The van der Waals surface area contributed by atoms with Crippen molar-refractivity contribution in [2.24, 2.45) is 17.3 Å². The molecule has 1 amide bonds. The van der Waals surface area contributed by atoms with Gasteiger partial charge >= 0.3 is 0 Å². The Morgan fingerprint density at radius 1 is 1.32 bits per heavy atom. The number of pyridine rings is 1. The van der Waals surface area contributed by atoms with Gasteiger partial charge in [-0.05, 0) is 50.7 Å². The van der Waals surface area contributed by atoms with Crippen LogP contribution in [0.1, 0.15) is 32.6 Å². The fourth-order valence-electron chi connectivity index (χ4n) is 4.65. The van der Waals surface area contributed by atoms with E-state index in [0.717, 1.165) is 12.4 Å². The number of fused-ring (bicyclic) bond motifs is 1. The Labute approximate surface area is 167 Å². The van der Waals surface area contributed by atoms with Crippen molar-refractivity contribution < 1.29 is 13.2 Å². The highest BCUT2D eigenvalue weighted by molar-refractivity contribution is 7.89. The van der Waals surface area contributed by atoms with Crippen molar-refractivity contribution in [2.45, 2.75) is 32.6 Å². The molecule has 1 aliphatic carbocycles. The van der Waals surface area contributed by atoms with Crippen LogP contribution >= 0.6 is 0 Å². The zero-order valence-corrected chi connectivity index (χ0v) is 17.3. The lowest BCUT2D eigenvalue weighted by atomic mass is 9.74. The molecule has 8 heteroatoms. The SMILES string of the molecule is CCS(=O)(=O)N1CCC[C@@]2(C(=O)NCC3CC3)CN(c3ccccn3)C[C@H]2C1. The average molecular weight is 407 g/mol.